The van der Waals surface area contributed by atoms with Crippen molar-refractivity contribution in [2.75, 3.05) is 6.61 Å². The Balaban J connectivity index is 2.68. The second kappa shape index (κ2) is 8.60. The van der Waals surface area contributed by atoms with E-state index in [-0.39, 0.29) is 11.6 Å². The molecule has 0 saturated heterocycles. The number of hydrogen-bond donors (Lipinski definition) is 1. The predicted octanol–water partition coefficient (Wildman–Crippen LogP) is 4.17. The average molecular weight is 351 g/mol. The summed E-state index contributed by atoms with van der Waals surface area (Å²) >= 11 is 0. The zero-order valence-corrected chi connectivity index (χ0v) is 16.4. The highest BCUT2D eigenvalue weighted by Gasteiger charge is 2.40. The summed E-state index contributed by atoms with van der Waals surface area (Å²) in [5.74, 6) is -0.445. The molecular weight excluding hydrogens is 320 g/mol. The molecule has 0 aliphatic carbocycles. The van der Waals surface area contributed by atoms with Crippen LogP contribution in [0.3, 0.4) is 0 Å². The van der Waals surface area contributed by atoms with Gasteiger partial charge in [0.15, 0.2) is 8.32 Å². The second-order valence-corrected chi connectivity index (χ2v) is 12.2. The van der Waals surface area contributed by atoms with Crippen LogP contribution in [0.5, 0.6) is 0 Å². The van der Waals surface area contributed by atoms with E-state index in [0.29, 0.717) is 12.0 Å². The smallest absolute Gasteiger partial charge is 0.338 e. The Kier molecular flexibility index (Phi) is 7.39. The molecule has 5 heteroatoms. The van der Waals surface area contributed by atoms with Gasteiger partial charge in [-0.2, -0.15) is 0 Å². The van der Waals surface area contributed by atoms with Gasteiger partial charge in [-0.05, 0) is 36.7 Å². The predicted molar refractivity (Wildman–Crippen MR) is 99.6 cm³/mol. The number of benzene rings is 1. The van der Waals surface area contributed by atoms with Crippen LogP contribution in [0.25, 0.3) is 0 Å². The standard InChI is InChI=1S/C19H30O4Si/c1-7-11-17(23-24(5,6)19(2,3)4)16(20)14-22-18(21)15-12-9-8-10-13-15/h7-10,12-13,16-17,20H,1,11,14H2,2-6H3/t16-,17+/m1/s1. The minimum atomic E-state index is -2.04. The Labute approximate surface area is 146 Å². The highest BCUT2D eigenvalue weighted by Crippen LogP contribution is 2.38. The Bertz CT molecular complexity index is 534. The first-order valence-corrected chi connectivity index (χ1v) is 11.2. The van der Waals surface area contributed by atoms with E-state index in [2.05, 4.69) is 40.4 Å². The lowest BCUT2D eigenvalue weighted by molar-refractivity contribution is -0.0209. The lowest BCUT2D eigenvalue weighted by atomic mass is 10.1. The summed E-state index contributed by atoms with van der Waals surface area (Å²) in [4.78, 5) is 12.0. The lowest BCUT2D eigenvalue weighted by Gasteiger charge is -2.40. The van der Waals surface area contributed by atoms with Crippen LogP contribution in [0.1, 0.15) is 37.6 Å². The molecule has 1 aromatic carbocycles. The van der Waals surface area contributed by atoms with Gasteiger partial charge in [0.25, 0.3) is 0 Å². The van der Waals surface area contributed by atoms with Crippen molar-refractivity contribution in [1.29, 1.82) is 0 Å². The van der Waals surface area contributed by atoms with Gasteiger partial charge in [0.05, 0.1) is 11.7 Å². The van der Waals surface area contributed by atoms with E-state index in [0.717, 1.165) is 0 Å². The first kappa shape index (κ1) is 20.6. The molecule has 1 rings (SSSR count). The van der Waals surface area contributed by atoms with Crippen LogP contribution < -0.4 is 0 Å². The fourth-order valence-corrected chi connectivity index (χ4v) is 3.29. The average Bonchev–Trinajstić information content (AvgIpc) is 2.51. The van der Waals surface area contributed by atoms with Crippen LogP contribution in [-0.4, -0.2) is 38.2 Å². The molecule has 0 radical (unpaired) electrons. The molecule has 0 unspecified atom stereocenters. The maximum absolute atomic E-state index is 12.0. The molecule has 1 aromatic rings. The molecule has 0 fully saturated rings. The number of rotatable bonds is 8. The summed E-state index contributed by atoms with van der Waals surface area (Å²) in [6.07, 6.45) is 0.924. The molecule has 2 atom stereocenters. The summed E-state index contributed by atoms with van der Waals surface area (Å²) in [5, 5.41) is 10.5. The Morgan fingerprint density at radius 2 is 1.88 bits per heavy atom. The van der Waals surface area contributed by atoms with E-state index in [1.165, 1.54) is 0 Å². The molecule has 0 amide bonds. The fraction of sp³-hybridized carbons (Fsp3) is 0.526. The van der Waals surface area contributed by atoms with Gasteiger partial charge in [-0.3, -0.25) is 0 Å². The normalized spacial score (nSPS) is 14.8. The Morgan fingerprint density at radius 3 is 2.38 bits per heavy atom. The largest absolute Gasteiger partial charge is 0.459 e. The summed E-state index contributed by atoms with van der Waals surface area (Å²) in [7, 11) is -2.04. The number of esters is 1. The van der Waals surface area contributed by atoms with Crippen molar-refractivity contribution in [2.45, 2.75) is 57.5 Å². The Morgan fingerprint density at radius 1 is 1.29 bits per heavy atom. The molecule has 0 aromatic heterocycles. The van der Waals surface area contributed by atoms with Crippen molar-refractivity contribution in [3.8, 4) is 0 Å². The third-order valence-corrected chi connectivity index (χ3v) is 8.98. The van der Waals surface area contributed by atoms with Gasteiger partial charge in [0, 0.05) is 0 Å². The first-order valence-electron chi connectivity index (χ1n) is 8.27. The molecular formula is C19H30O4Si. The van der Waals surface area contributed by atoms with Crippen molar-refractivity contribution in [2.24, 2.45) is 0 Å². The number of hydrogen-bond acceptors (Lipinski definition) is 4. The molecule has 4 nitrogen and oxygen atoms in total. The molecule has 0 aliphatic rings. The summed E-state index contributed by atoms with van der Waals surface area (Å²) < 4.78 is 11.5. The number of carbonyl (C=O) groups is 1. The van der Waals surface area contributed by atoms with Crippen LogP contribution >= 0.6 is 0 Å². The SMILES string of the molecule is C=CC[C@H](O[Si](C)(C)C(C)(C)C)[C@H](O)COC(=O)c1ccccc1. The molecule has 134 valence electrons. The van der Waals surface area contributed by atoms with E-state index >= 15 is 0 Å². The van der Waals surface area contributed by atoms with Crippen molar-refractivity contribution >= 4 is 14.3 Å². The maximum Gasteiger partial charge on any atom is 0.338 e. The number of ether oxygens (including phenoxy) is 1. The highest BCUT2D eigenvalue weighted by molar-refractivity contribution is 6.74. The Hall–Kier alpha value is -1.43. The van der Waals surface area contributed by atoms with E-state index in [1.54, 1.807) is 30.3 Å². The zero-order chi connectivity index (χ0) is 18.4. The van der Waals surface area contributed by atoms with Gasteiger partial charge in [-0.15, -0.1) is 6.58 Å². The fourth-order valence-electron chi connectivity index (χ4n) is 1.93. The van der Waals surface area contributed by atoms with Gasteiger partial charge in [-0.1, -0.05) is 45.0 Å². The van der Waals surface area contributed by atoms with E-state index < -0.39 is 26.5 Å². The molecule has 0 saturated carbocycles. The summed E-state index contributed by atoms with van der Waals surface area (Å²) in [6.45, 7) is 14.3. The van der Waals surface area contributed by atoms with Crippen LogP contribution in [0.2, 0.25) is 18.1 Å². The molecule has 0 spiro atoms. The minimum absolute atomic E-state index is 0.0346. The van der Waals surface area contributed by atoms with Gasteiger partial charge >= 0.3 is 5.97 Å². The molecule has 0 bridgehead atoms. The van der Waals surface area contributed by atoms with E-state index in [4.69, 9.17) is 9.16 Å². The lowest BCUT2D eigenvalue weighted by Crippen LogP contribution is -2.48. The van der Waals surface area contributed by atoms with Gasteiger partial charge < -0.3 is 14.3 Å². The molecule has 0 heterocycles. The van der Waals surface area contributed by atoms with Crippen LogP contribution in [0.4, 0.5) is 0 Å². The van der Waals surface area contributed by atoms with Crippen molar-refractivity contribution < 1.29 is 19.1 Å². The quantitative estimate of drug-likeness (QED) is 0.434. The highest BCUT2D eigenvalue weighted by atomic mass is 28.4. The second-order valence-electron chi connectivity index (χ2n) is 7.47. The summed E-state index contributed by atoms with van der Waals surface area (Å²) in [6, 6.07) is 8.74. The van der Waals surface area contributed by atoms with E-state index in [1.807, 2.05) is 6.07 Å². The van der Waals surface area contributed by atoms with Gasteiger partial charge in [0.1, 0.15) is 12.7 Å². The molecule has 1 N–H and O–H groups in total. The van der Waals surface area contributed by atoms with E-state index in [9.17, 15) is 9.90 Å². The summed E-state index contributed by atoms with van der Waals surface area (Å²) in [5.41, 5.74) is 0.468. The van der Waals surface area contributed by atoms with Crippen molar-refractivity contribution in [3.05, 3.63) is 48.6 Å². The maximum atomic E-state index is 12.0. The number of aliphatic hydroxyl groups excluding tert-OH is 1. The number of carbonyl (C=O) groups excluding carboxylic acids is 1. The first-order chi connectivity index (χ1) is 11.1. The van der Waals surface area contributed by atoms with Crippen LogP contribution in [0.15, 0.2) is 43.0 Å². The minimum Gasteiger partial charge on any atom is -0.459 e. The van der Waals surface area contributed by atoms with Crippen molar-refractivity contribution in [1.82, 2.24) is 0 Å². The van der Waals surface area contributed by atoms with Gasteiger partial charge in [-0.25, -0.2) is 4.79 Å². The van der Waals surface area contributed by atoms with Crippen molar-refractivity contribution in [3.63, 3.8) is 0 Å². The van der Waals surface area contributed by atoms with Crippen LogP contribution in [0, 0.1) is 0 Å². The van der Waals surface area contributed by atoms with Gasteiger partial charge in [0.2, 0.25) is 0 Å². The third-order valence-electron chi connectivity index (χ3n) is 4.48. The monoisotopic (exact) mass is 350 g/mol. The number of aliphatic hydroxyl groups is 1. The molecule has 0 aliphatic heterocycles. The van der Waals surface area contributed by atoms with Crippen LogP contribution in [-0.2, 0) is 9.16 Å². The third kappa shape index (κ3) is 5.89. The molecule has 24 heavy (non-hydrogen) atoms. The zero-order valence-electron chi connectivity index (χ0n) is 15.4. The topological polar surface area (TPSA) is 55.8 Å².